The summed E-state index contributed by atoms with van der Waals surface area (Å²) >= 11 is 0. The maximum absolute atomic E-state index is 13.3. The molecule has 1 atom stereocenters. The number of nitrogens with one attached hydrogen (secondary N) is 1. The summed E-state index contributed by atoms with van der Waals surface area (Å²) in [7, 11) is 0. The third-order valence-electron chi connectivity index (χ3n) is 5.77. The molecule has 5 rings (SSSR count). The van der Waals surface area contributed by atoms with Gasteiger partial charge in [0.2, 0.25) is 0 Å². The molecule has 2 aromatic carbocycles. The summed E-state index contributed by atoms with van der Waals surface area (Å²) in [6, 6.07) is 15.5. The Morgan fingerprint density at radius 1 is 1.03 bits per heavy atom. The Morgan fingerprint density at radius 3 is 2.63 bits per heavy atom. The molecule has 2 aliphatic rings. The summed E-state index contributed by atoms with van der Waals surface area (Å²) in [6.07, 6.45) is 2.26. The maximum Gasteiger partial charge on any atom is 0.255 e. The molecule has 1 amide bonds. The highest BCUT2D eigenvalue weighted by atomic mass is 16.6. The molecule has 6 heteroatoms. The standard InChI is InChI=1S/C24H25N3O3/c1-16(17-8-9-21-22(15-17)30-13-12-29-21)25-24(28)19-14-18-6-2-3-7-20(18)26-23(19)27-10-4-5-11-27/h2-3,6-9,14-16H,4-5,10-13H2,1H3,(H,25,28). The average molecular weight is 403 g/mol. The number of rotatable bonds is 4. The predicted octanol–water partition coefficient (Wildman–Crippen LogP) is 4.10. The fraction of sp³-hybridized carbons (Fsp3) is 0.333. The Balaban J connectivity index is 1.44. The smallest absolute Gasteiger partial charge is 0.255 e. The summed E-state index contributed by atoms with van der Waals surface area (Å²) in [6.45, 7) is 4.95. The molecule has 154 valence electrons. The minimum atomic E-state index is -0.175. The Labute approximate surface area is 175 Å². The van der Waals surface area contributed by atoms with Crippen LogP contribution in [0.3, 0.4) is 0 Å². The summed E-state index contributed by atoms with van der Waals surface area (Å²) in [5.74, 6) is 2.14. The Kier molecular flexibility index (Phi) is 4.91. The summed E-state index contributed by atoms with van der Waals surface area (Å²) < 4.78 is 11.3. The first kappa shape index (κ1) is 18.7. The van der Waals surface area contributed by atoms with Crippen molar-refractivity contribution >= 4 is 22.6 Å². The molecule has 1 N–H and O–H groups in total. The lowest BCUT2D eigenvalue weighted by Crippen LogP contribution is -2.30. The highest BCUT2D eigenvalue weighted by molar-refractivity contribution is 6.02. The van der Waals surface area contributed by atoms with Crippen LogP contribution in [0.2, 0.25) is 0 Å². The fourth-order valence-electron chi connectivity index (χ4n) is 4.13. The first-order chi connectivity index (χ1) is 14.7. The van der Waals surface area contributed by atoms with Crippen LogP contribution in [-0.2, 0) is 0 Å². The van der Waals surface area contributed by atoms with Gasteiger partial charge in [-0.2, -0.15) is 0 Å². The Hall–Kier alpha value is -3.28. The van der Waals surface area contributed by atoms with Gasteiger partial charge in [-0.15, -0.1) is 0 Å². The van der Waals surface area contributed by atoms with Gasteiger partial charge in [0.1, 0.15) is 19.0 Å². The molecule has 0 saturated carbocycles. The first-order valence-electron chi connectivity index (χ1n) is 10.5. The van der Waals surface area contributed by atoms with Crippen molar-refractivity contribution in [3.63, 3.8) is 0 Å². The van der Waals surface area contributed by atoms with Crippen molar-refractivity contribution in [2.24, 2.45) is 0 Å². The van der Waals surface area contributed by atoms with E-state index in [0.29, 0.717) is 18.8 Å². The summed E-state index contributed by atoms with van der Waals surface area (Å²) in [5, 5.41) is 4.12. The minimum absolute atomic E-state index is 0.113. The van der Waals surface area contributed by atoms with Crippen molar-refractivity contribution in [3.8, 4) is 11.5 Å². The van der Waals surface area contributed by atoms with E-state index >= 15 is 0 Å². The second-order valence-electron chi connectivity index (χ2n) is 7.84. The molecule has 0 spiro atoms. The van der Waals surface area contributed by atoms with Gasteiger partial charge >= 0.3 is 0 Å². The van der Waals surface area contributed by atoms with Crippen molar-refractivity contribution in [3.05, 3.63) is 59.7 Å². The number of nitrogens with zero attached hydrogens (tertiary/aromatic N) is 2. The third kappa shape index (κ3) is 3.54. The first-order valence-corrected chi connectivity index (χ1v) is 10.5. The van der Waals surface area contributed by atoms with E-state index in [4.69, 9.17) is 14.5 Å². The van der Waals surface area contributed by atoms with E-state index in [-0.39, 0.29) is 11.9 Å². The molecule has 3 heterocycles. The molecule has 6 nitrogen and oxygen atoms in total. The Morgan fingerprint density at radius 2 is 1.80 bits per heavy atom. The lowest BCUT2D eigenvalue weighted by Gasteiger charge is -2.23. The van der Waals surface area contributed by atoms with E-state index in [1.807, 2.05) is 55.5 Å². The number of fused-ring (bicyclic) bond motifs is 2. The van der Waals surface area contributed by atoms with Crippen molar-refractivity contribution in [2.75, 3.05) is 31.2 Å². The van der Waals surface area contributed by atoms with E-state index in [2.05, 4.69) is 10.2 Å². The van der Waals surface area contributed by atoms with Crippen molar-refractivity contribution in [1.29, 1.82) is 0 Å². The highest BCUT2D eigenvalue weighted by Crippen LogP contribution is 2.33. The van der Waals surface area contributed by atoms with Gasteiger partial charge in [0.05, 0.1) is 17.1 Å². The maximum atomic E-state index is 13.3. The largest absolute Gasteiger partial charge is 0.486 e. The van der Waals surface area contributed by atoms with Crippen LogP contribution in [0.4, 0.5) is 5.82 Å². The van der Waals surface area contributed by atoms with Crippen LogP contribution in [0.5, 0.6) is 11.5 Å². The van der Waals surface area contributed by atoms with Gasteiger partial charge in [0.15, 0.2) is 11.5 Å². The highest BCUT2D eigenvalue weighted by Gasteiger charge is 2.23. The minimum Gasteiger partial charge on any atom is -0.486 e. The number of hydrogen-bond acceptors (Lipinski definition) is 5. The molecule has 1 aromatic heterocycles. The molecule has 2 aliphatic heterocycles. The van der Waals surface area contributed by atoms with E-state index in [1.165, 1.54) is 0 Å². The van der Waals surface area contributed by atoms with Crippen LogP contribution < -0.4 is 19.7 Å². The monoisotopic (exact) mass is 403 g/mol. The van der Waals surface area contributed by atoms with Crippen LogP contribution in [-0.4, -0.2) is 37.2 Å². The average Bonchev–Trinajstić information content (AvgIpc) is 3.32. The Bertz CT molecular complexity index is 1090. The molecule has 0 bridgehead atoms. The van der Waals surface area contributed by atoms with Crippen LogP contribution >= 0.6 is 0 Å². The van der Waals surface area contributed by atoms with Gasteiger partial charge in [0.25, 0.3) is 5.91 Å². The molecule has 3 aromatic rings. The van der Waals surface area contributed by atoms with Gasteiger partial charge in [-0.05, 0) is 49.6 Å². The van der Waals surface area contributed by atoms with Crippen molar-refractivity contribution < 1.29 is 14.3 Å². The fourth-order valence-corrected chi connectivity index (χ4v) is 4.13. The lowest BCUT2D eigenvalue weighted by atomic mass is 10.1. The molecular weight excluding hydrogens is 378 g/mol. The molecular formula is C24H25N3O3. The lowest BCUT2D eigenvalue weighted by molar-refractivity contribution is 0.0940. The SMILES string of the molecule is CC(NC(=O)c1cc2ccccc2nc1N1CCCC1)c1ccc2c(c1)OCCO2. The number of carbonyl (C=O) groups is 1. The number of anilines is 1. The molecule has 30 heavy (non-hydrogen) atoms. The normalized spacial score (nSPS) is 16.5. The zero-order valence-electron chi connectivity index (χ0n) is 17.1. The molecule has 0 radical (unpaired) electrons. The van der Waals surface area contributed by atoms with E-state index in [9.17, 15) is 4.79 Å². The number of pyridine rings is 1. The van der Waals surface area contributed by atoms with Gasteiger partial charge in [-0.1, -0.05) is 24.3 Å². The quantitative estimate of drug-likeness (QED) is 0.711. The molecule has 1 fully saturated rings. The van der Waals surface area contributed by atoms with Crippen LogP contribution in [0, 0.1) is 0 Å². The second-order valence-corrected chi connectivity index (χ2v) is 7.84. The zero-order chi connectivity index (χ0) is 20.5. The van der Waals surface area contributed by atoms with Crippen LogP contribution in [0.15, 0.2) is 48.5 Å². The zero-order valence-corrected chi connectivity index (χ0v) is 17.1. The number of amides is 1. The van der Waals surface area contributed by atoms with Crippen molar-refractivity contribution in [2.45, 2.75) is 25.8 Å². The number of para-hydroxylation sites is 1. The van der Waals surface area contributed by atoms with Gasteiger partial charge in [-0.25, -0.2) is 4.98 Å². The number of benzene rings is 2. The van der Waals surface area contributed by atoms with Crippen LogP contribution in [0.1, 0.15) is 41.7 Å². The van der Waals surface area contributed by atoms with E-state index < -0.39 is 0 Å². The van der Waals surface area contributed by atoms with E-state index in [1.54, 1.807) is 0 Å². The molecule has 0 aliphatic carbocycles. The molecule has 1 unspecified atom stereocenters. The summed E-state index contributed by atoms with van der Waals surface area (Å²) in [4.78, 5) is 20.4. The third-order valence-corrected chi connectivity index (χ3v) is 5.77. The second kappa shape index (κ2) is 7.86. The summed E-state index contributed by atoms with van der Waals surface area (Å²) in [5.41, 5.74) is 2.51. The molecule has 1 saturated heterocycles. The van der Waals surface area contributed by atoms with Gasteiger partial charge in [0, 0.05) is 18.5 Å². The van der Waals surface area contributed by atoms with Crippen LogP contribution in [0.25, 0.3) is 10.9 Å². The number of aromatic nitrogens is 1. The topological polar surface area (TPSA) is 63.7 Å². The van der Waals surface area contributed by atoms with Gasteiger partial charge in [-0.3, -0.25) is 4.79 Å². The number of ether oxygens (including phenoxy) is 2. The number of carbonyl (C=O) groups excluding carboxylic acids is 1. The predicted molar refractivity (Wildman–Crippen MR) is 117 cm³/mol. The number of hydrogen-bond donors (Lipinski definition) is 1. The van der Waals surface area contributed by atoms with Crippen molar-refractivity contribution in [1.82, 2.24) is 10.3 Å². The van der Waals surface area contributed by atoms with E-state index in [0.717, 1.165) is 59.7 Å². The van der Waals surface area contributed by atoms with Gasteiger partial charge < -0.3 is 19.7 Å².